The second-order valence-corrected chi connectivity index (χ2v) is 7.86. The van der Waals surface area contributed by atoms with Crippen LogP contribution in [-0.4, -0.2) is 24.7 Å². The van der Waals surface area contributed by atoms with Crippen molar-refractivity contribution in [1.82, 2.24) is 5.32 Å². The number of benzene rings is 2. The average molecular weight is 383 g/mol. The van der Waals surface area contributed by atoms with Crippen LogP contribution in [0.4, 0.5) is 0 Å². The van der Waals surface area contributed by atoms with Crippen molar-refractivity contribution in [3.63, 3.8) is 0 Å². The molecule has 0 aromatic heterocycles. The molecule has 150 valence electrons. The van der Waals surface area contributed by atoms with Crippen LogP contribution in [-0.2, 0) is 4.79 Å². The number of fused-ring (bicyclic) bond motifs is 1. The number of nitrogens with one attached hydrogen (secondary N) is 1. The Kier molecular flexibility index (Phi) is 5.82. The summed E-state index contributed by atoms with van der Waals surface area (Å²) in [7, 11) is 1.63. The van der Waals surface area contributed by atoms with Crippen LogP contribution in [0.25, 0.3) is 0 Å². The Morgan fingerprint density at radius 3 is 2.71 bits per heavy atom. The van der Waals surface area contributed by atoms with Gasteiger partial charge in [0.1, 0.15) is 22.8 Å². The Morgan fingerprint density at radius 1 is 1.25 bits per heavy atom. The second-order valence-electron chi connectivity index (χ2n) is 7.86. The van der Waals surface area contributed by atoms with Gasteiger partial charge in [-0.25, -0.2) is 0 Å². The number of rotatable bonds is 6. The van der Waals surface area contributed by atoms with E-state index in [0.717, 1.165) is 22.6 Å². The van der Waals surface area contributed by atoms with Crippen LogP contribution in [0.1, 0.15) is 50.8 Å². The molecular formula is C23H29NO4. The molecule has 0 bridgehead atoms. The van der Waals surface area contributed by atoms with Crippen molar-refractivity contribution in [2.45, 2.75) is 58.3 Å². The molecule has 1 amide bonds. The van der Waals surface area contributed by atoms with Gasteiger partial charge in [0.25, 0.3) is 5.91 Å². The predicted octanol–water partition coefficient (Wildman–Crippen LogP) is 4.58. The largest absolute Gasteiger partial charge is 0.497 e. The highest BCUT2D eigenvalue weighted by Crippen LogP contribution is 2.41. The van der Waals surface area contributed by atoms with Crippen LogP contribution in [0, 0.1) is 6.92 Å². The third kappa shape index (κ3) is 4.58. The van der Waals surface area contributed by atoms with E-state index in [1.165, 1.54) is 0 Å². The van der Waals surface area contributed by atoms with Crippen molar-refractivity contribution in [2.75, 3.05) is 7.11 Å². The van der Waals surface area contributed by atoms with E-state index in [9.17, 15) is 4.79 Å². The maximum atomic E-state index is 13.0. The van der Waals surface area contributed by atoms with E-state index in [2.05, 4.69) is 5.32 Å². The van der Waals surface area contributed by atoms with Crippen molar-refractivity contribution in [1.29, 1.82) is 0 Å². The smallest absolute Gasteiger partial charge is 0.261 e. The number of methoxy groups -OCH3 is 1. The van der Waals surface area contributed by atoms with E-state index in [0.29, 0.717) is 18.6 Å². The highest BCUT2D eigenvalue weighted by atomic mass is 16.5. The minimum Gasteiger partial charge on any atom is -0.497 e. The normalized spacial score (nSPS) is 18.4. The molecule has 1 aliphatic rings. The van der Waals surface area contributed by atoms with Gasteiger partial charge in [0.15, 0.2) is 6.10 Å². The van der Waals surface area contributed by atoms with Crippen molar-refractivity contribution < 1.29 is 19.0 Å². The average Bonchev–Trinajstić information content (AvgIpc) is 2.65. The molecule has 2 unspecified atom stereocenters. The van der Waals surface area contributed by atoms with E-state index < -0.39 is 6.10 Å². The Hall–Kier alpha value is -2.69. The molecule has 1 heterocycles. The first-order chi connectivity index (χ1) is 13.3. The Bertz CT molecular complexity index is 846. The molecule has 0 saturated carbocycles. The maximum absolute atomic E-state index is 13.0. The zero-order chi connectivity index (χ0) is 20.3. The number of aryl methyl sites for hydroxylation is 1. The fourth-order valence-electron chi connectivity index (χ4n) is 3.53. The van der Waals surface area contributed by atoms with Gasteiger partial charge in [-0.3, -0.25) is 4.79 Å². The molecule has 2 aromatic rings. The summed E-state index contributed by atoms with van der Waals surface area (Å²) in [6, 6.07) is 13.3. The third-order valence-electron chi connectivity index (χ3n) is 4.92. The Labute approximate surface area is 167 Å². The van der Waals surface area contributed by atoms with E-state index in [-0.39, 0.29) is 17.6 Å². The highest BCUT2D eigenvalue weighted by Gasteiger charge is 2.36. The molecular weight excluding hydrogens is 354 g/mol. The van der Waals surface area contributed by atoms with Crippen LogP contribution in [0.2, 0.25) is 0 Å². The van der Waals surface area contributed by atoms with Gasteiger partial charge in [0, 0.05) is 12.0 Å². The Morgan fingerprint density at radius 2 is 2.04 bits per heavy atom. The standard InChI is InChI=1S/C23H29NO4/c1-6-20(27-17-9-7-8-15(2)12-17)22(25)24-19-14-23(3,4)28-21-11-10-16(26-5)13-18(19)21/h7-13,19-20H,6,14H2,1-5H3,(H,24,25). The SMILES string of the molecule is CCC(Oc1cccc(C)c1)C(=O)NC1CC(C)(C)Oc2ccc(OC)cc21. The number of hydrogen-bond acceptors (Lipinski definition) is 4. The fourth-order valence-corrected chi connectivity index (χ4v) is 3.53. The van der Waals surface area contributed by atoms with Gasteiger partial charge in [-0.15, -0.1) is 0 Å². The molecule has 2 aromatic carbocycles. The zero-order valence-electron chi connectivity index (χ0n) is 17.2. The summed E-state index contributed by atoms with van der Waals surface area (Å²) in [6.45, 7) is 8.01. The molecule has 2 atom stereocenters. The Balaban J connectivity index is 1.80. The summed E-state index contributed by atoms with van der Waals surface area (Å²) in [4.78, 5) is 13.0. The van der Waals surface area contributed by atoms with Crippen LogP contribution < -0.4 is 19.5 Å². The molecule has 1 N–H and O–H groups in total. The zero-order valence-corrected chi connectivity index (χ0v) is 17.2. The quantitative estimate of drug-likeness (QED) is 0.793. The number of carbonyl (C=O) groups is 1. The lowest BCUT2D eigenvalue weighted by Gasteiger charge is -2.38. The van der Waals surface area contributed by atoms with Gasteiger partial charge < -0.3 is 19.5 Å². The number of amides is 1. The topological polar surface area (TPSA) is 56.8 Å². The van der Waals surface area contributed by atoms with Gasteiger partial charge >= 0.3 is 0 Å². The van der Waals surface area contributed by atoms with Gasteiger partial charge in [-0.2, -0.15) is 0 Å². The monoisotopic (exact) mass is 383 g/mol. The first-order valence-corrected chi connectivity index (χ1v) is 9.72. The summed E-state index contributed by atoms with van der Waals surface area (Å²) in [5.41, 5.74) is 1.65. The van der Waals surface area contributed by atoms with E-state index in [1.54, 1.807) is 7.11 Å². The van der Waals surface area contributed by atoms with Gasteiger partial charge in [-0.1, -0.05) is 19.1 Å². The van der Waals surface area contributed by atoms with Gasteiger partial charge in [-0.05, 0) is 63.1 Å². The first kappa shape index (κ1) is 20.1. The third-order valence-corrected chi connectivity index (χ3v) is 4.92. The summed E-state index contributed by atoms with van der Waals surface area (Å²) in [5.74, 6) is 2.09. The molecule has 1 aliphatic heterocycles. The van der Waals surface area contributed by atoms with E-state index in [4.69, 9.17) is 14.2 Å². The highest BCUT2D eigenvalue weighted by molar-refractivity contribution is 5.81. The van der Waals surface area contributed by atoms with Crippen LogP contribution in [0.3, 0.4) is 0 Å². The van der Waals surface area contributed by atoms with Crippen LogP contribution >= 0.6 is 0 Å². The lowest BCUT2D eigenvalue weighted by atomic mass is 9.89. The van der Waals surface area contributed by atoms with Crippen molar-refractivity contribution in [2.24, 2.45) is 0 Å². The molecule has 0 saturated heterocycles. The van der Waals surface area contributed by atoms with Crippen molar-refractivity contribution in [3.05, 3.63) is 53.6 Å². The predicted molar refractivity (Wildman–Crippen MR) is 109 cm³/mol. The summed E-state index contributed by atoms with van der Waals surface area (Å²) < 4.78 is 17.4. The molecule has 5 nitrogen and oxygen atoms in total. The molecule has 0 spiro atoms. The number of ether oxygens (including phenoxy) is 3. The fraction of sp³-hybridized carbons (Fsp3) is 0.435. The molecule has 0 fully saturated rings. The number of hydrogen-bond donors (Lipinski definition) is 1. The summed E-state index contributed by atoms with van der Waals surface area (Å²) >= 11 is 0. The minimum atomic E-state index is -0.554. The summed E-state index contributed by atoms with van der Waals surface area (Å²) in [6.07, 6.45) is 0.693. The van der Waals surface area contributed by atoms with Crippen LogP contribution in [0.5, 0.6) is 17.2 Å². The second kappa shape index (κ2) is 8.13. The minimum absolute atomic E-state index is 0.125. The molecule has 0 radical (unpaired) electrons. The van der Waals surface area contributed by atoms with Gasteiger partial charge in [0.2, 0.25) is 0 Å². The molecule has 28 heavy (non-hydrogen) atoms. The molecule has 3 rings (SSSR count). The first-order valence-electron chi connectivity index (χ1n) is 9.72. The van der Waals surface area contributed by atoms with Gasteiger partial charge in [0.05, 0.1) is 13.2 Å². The van der Waals surface area contributed by atoms with Crippen LogP contribution in [0.15, 0.2) is 42.5 Å². The maximum Gasteiger partial charge on any atom is 0.261 e. The van der Waals surface area contributed by atoms with Crippen molar-refractivity contribution in [3.8, 4) is 17.2 Å². The lowest BCUT2D eigenvalue weighted by molar-refractivity contribution is -0.129. The lowest BCUT2D eigenvalue weighted by Crippen LogP contribution is -2.45. The molecule has 0 aliphatic carbocycles. The summed E-state index contributed by atoms with van der Waals surface area (Å²) in [5, 5.41) is 3.17. The molecule has 5 heteroatoms. The number of carbonyl (C=O) groups excluding carboxylic acids is 1. The van der Waals surface area contributed by atoms with E-state index >= 15 is 0 Å². The van der Waals surface area contributed by atoms with Crippen molar-refractivity contribution >= 4 is 5.91 Å². The van der Waals surface area contributed by atoms with E-state index in [1.807, 2.05) is 70.2 Å².